The molecule has 2 saturated heterocycles. The minimum atomic E-state index is -1.30. The van der Waals surface area contributed by atoms with Crippen LogP contribution in [-0.2, 0) is 70.0 Å². The number of nitrogens with zero attached hydrogens (tertiary/aromatic N) is 2. The van der Waals surface area contributed by atoms with Crippen molar-refractivity contribution in [2.75, 3.05) is 13.1 Å². The number of benzene rings is 4. The summed E-state index contributed by atoms with van der Waals surface area (Å²) in [5.41, 5.74) is -1.96. The van der Waals surface area contributed by atoms with Crippen molar-refractivity contribution in [3.8, 4) is 0 Å². The number of carboxylic acid groups (broad SMARTS) is 6. The molecular weight excluding hydrogens is 1430 g/mol. The van der Waals surface area contributed by atoms with Crippen LogP contribution in [0.4, 0.5) is 46.3 Å². The fourth-order valence-corrected chi connectivity index (χ4v) is 8.81. The predicted octanol–water partition coefficient (Wildman–Crippen LogP) is 12.2. The van der Waals surface area contributed by atoms with E-state index in [2.05, 4.69) is 21.3 Å². The highest BCUT2D eigenvalue weighted by atomic mass is 19.1. The summed E-state index contributed by atoms with van der Waals surface area (Å²) < 4.78 is 81.7. The number of hydrogen-bond acceptors (Lipinski definition) is 18. The molecule has 0 spiro atoms. The zero-order valence-electron chi connectivity index (χ0n) is 63.7. The van der Waals surface area contributed by atoms with Crippen LogP contribution >= 0.6 is 0 Å². The topological polar surface area (TPSA) is 436 Å². The zero-order chi connectivity index (χ0) is 83.2. The number of alkyl halides is 2. The maximum atomic E-state index is 13.1. The highest BCUT2D eigenvalue weighted by Gasteiger charge is 2.43. The van der Waals surface area contributed by atoms with E-state index in [1.54, 1.807) is 185 Å². The van der Waals surface area contributed by atoms with Gasteiger partial charge in [-0.15, -0.1) is 0 Å². The normalized spacial score (nSPS) is 16.5. The molecule has 2 aliphatic heterocycles. The molecule has 8 atom stereocenters. The van der Waals surface area contributed by atoms with Gasteiger partial charge in [-0.1, -0.05) is 84.9 Å². The van der Waals surface area contributed by atoms with Gasteiger partial charge >= 0.3 is 72.4 Å². The number of rotatable bonds is 16. The van der Waals surface area contributed by atoms with Gasteiger partial charge in [-0.25, -0.2) is 75.1 Å². The van der Waals surface area contributed by atoms with E-state index < -0.39 is 166 Å². The fraction of sp³-hybridized carbons (Fsp3) is 0.514. The number of halogens is 4. The minimum absolute atomic E-state index is 0.0505. The van der Waals surface area contributed by atoms with Crippen LogP contribution in [-0.4, -0.2) is 196 Å². The first kappa shape index (κ1) is 95.1. The van der Waals surface area contributed by atoms with Crippen LogP contribution in [0, 0.1) is 11.6 Å². The van der Waals surface area contributed by atoms with Crippen LogP contribution < -0.4 is 21.3 Å². The molecule has 6 amide bonds. The quantitative estimate of drug-likeness (QED) is 0.0368. The Kier molecular flexibility index (Phi) is 37.3. The Hall–Kier alpha value is -11.0. The number of alkyl carbamates (subject to hydrolysis) is 4. The van der Waals surface area contributed by atoms with Crippen molar-refractivity contribution in [3.05, 3.63) is 143 Å². The van der Waals surface area contributed by atoms with Crippen molar-refractivity contribution in [2.24, 2.45) is 0 Å². The maximum Gasteiger partial charge on any atom is 0.411 e. The number of carbonyl (C=O) groups is 12. The number of nitrogens with one attached hydrogen (secondary N) is 4. The number of amides is 6. The summed E-state index contributed by atoms with van der Waals surface area (Å²) in [6.45, 7) is 30.0. The van der Waals surface area contributed by atoms with Crippen LogP contribution in [0.25, 0.3) is 0 Å². The molecule has 6 rings (SSSR count). The lowest BCUT2D eigenvalue weighted by Crippen LogP contribution is -2.44. The number of hydrogen-bond donors (Lipinski definition) is 10. The Balaban J connectivity index is 0.000000649. The van der Waals surface area contributed by atoms with Crippen molar-refractivity contribution in [1.29, 1.82) is 0 Å². The Morgan fingerprint density at radius 1 is 0.370 bits per heavy atom. The summed E-state index contributed by atoms with van der Waals surface area (Å²) in [5.74, 6) is -7.84. The summed E-state index contributed by atoms with van der Waals surface area (Å²) in [6.07, 6.45) is -7.49. The van der Waals surface area contributed by atoms with E-state index in [0.717, 1.165) is 9.80 Å². The smallest absolute Gasteiger partial charge is 0.411 e. The summed E-state index contributed by atoms with van der Waals surface area (Å²) in [6, 6.07) is 21.1. The van der Waals surface area contributed by atoms with Crippen molar-refractivity contribution in [2.45, 2.75) is 233 Å². The van der Waals surface area contributed by atoms with Gasteiger partial charge in [-0.3, -0.25) is 9.80 Å². The molecule has 0 saturated carbocycles. The molecule has 600 valence electrons. The lowest BCUT2D eigenvalue weighted by Gasteiger charge is -2.26. The van der Waals surface area contributed by atoms with Gasteiger partial charge in [0, 0.05) is 25.7 Å². The maximum absolute atomic E-state index is 13.1. The molecule has 0 bridgehead atoms. The Morgan fingerprint density at radius 2 is 0.611 bits per heavy atom. The van der Waals surface area contributed by atoms with Crippen molar-refractivity contribution < 1.29 is 134 Å². The molecule has 0 unspecified atom stereocenters. The largest absolute Gasteiger partial charge is 0.480 e. The highest BCUT2D eigenvalue weighted by Crippen LogP contribution is 2.26. The second kappa shape index (κ2) is 42.4. The molecule has 0 radical (unpaired) electrons. The Morgan fingerprint density at radius 3 is 0.824 bits per heavy atom. The third-order valence-electron chi connectivity index (χ3n) is 13.1. The number of carbonyl (C=O) groups excluding carboxylic acids is 6. The number of aliphatic carboxylic acids is 6. The van der Waals surface area contributed by atoms with Gasteiger partial charge in [0.15, 0.2) is 12.1 Å². The summed E-state index contributed by atoms with van der Waals surface area (Å²) >= 11 is 0. The van der Waals surface area contributed by atoms with Gasteiger partial charge in [0.25, 0.3) is 0 Å². The standard InChI is InChI=1S/2C14H18FNO4.2C13H17NO4.2C10H16FNO4/c2*1-14(2,3)20-13(19)16-11(12(17)18)8-9-4-6-10(15)7-5-9;2*1-13(2,3)18-12(17)14-10(11(15)16)9-7-5-4-6-8-9;2*1-10(2,3)16-9(15)12-5-6(11)4-7(12)8(13)14/h2*4-7,11H,8H2,1-3H3,(H,16,19)(H,17,18);2*4-8,10H,1-3H3,(H,14,17)(H,15,16);2*6-7H,4-5H2,1-3H3,(H,13,14)/t2*11-;2*10-;6-,7+;6-,7-/m101010/s1. The number of likely N-dealkylation sites (tertiary alicyclic amines) is 2. The van der Waals surface area contributed by atoms with E-state index in [9.17, 15) is 75.1 Å². The summed E-state index contributed by atoms with van der Waals surface area (Å²) in [5, 5.41) is 63.3. The molecule has 2 fully saturated rings. The molecule has 34 heteroatoms. The molecule has 4 aromatic carbocycles. The molecule has 0 aromatic heterocycles. The Labute approximate surface area is 624 Å². The van der Waals surface area contributed by atoms with Gasteiger partial charge in [0.05, 0.1) is 13.1 Å². The molecule has 10 N–H and O–H groups in total. The average molecular weight is 1540 g/mol. The van der Waals surface area contributed by atoms with E-state index in [1.165, 1.54) is 48.5 Å². The van der Waals surface area contributed by atoms with E-state index >= 15 is 0 Å². The number of ether oxygens (including phenoxy) is 6. The molecule has 2 heterocycles. The van der Waals surface area contributed by atoms with Crippen LogP contribution in [0.3, 0.4) is 0 Å². The molecule has 2 aliphatic rings. The summed E-state index contributed by atoms with van der Waals surface area (Å²) in [4.78, 5) is 137. The van der Waals surface area contributed by atoms with Gasteiger partial charge in [0.2, 0.25) is 0 Å². The molecule has 108 heavy (non-hydrogen) atoms. The van der Waals surface area contributed by atoms with Gasteiger partial charge in [-0.05, 0) is 171 Å². The molecule has 30 nitrogen and oxygen atoms in total. The van der Waals surface area contributed by atoms with Gasteiger partial charge in [0.1, 0.15) is 81.8 Å². The van der Waals surface area contributed by atoms with Crippen molar-refractivity contribution in [1.82, 2.24) is 31.1 Å². The molecule has 4 aromatic rings. The second-order valence-electron chi connectivity index (χ2n) is 30.0. The first-order valence-corrected chi connectivity index (χ1v) is 33.6. The first-order chi connectivity index (χ1) is 49.3. The fourth-order valence-electron chi connectivity index (χ4n) is 8.81. The Bertz CT molecular complexity index is 3370. The van der Waals surface area contributed by atoms with Gasteiger partial charge in [-0.2, -0.15) is 0 Å². The molecular formula is C74H102F4N6O24. The van der Waals surface area contributed by atoms with Crippen LogP contribution in [0.2, 0.25) is 0 Å². The summed E-state index contributed by atoms with van der Waals surface area (Å²) in [7, 11) is 0. The van der Waals surface area contributed by atoms with E-state index in [-0.39, 0.29) is 38.8 Å². The highest BCUT2D eigenvalue weighted by molar-refractivity contribution is 5.84. The zero-order valence-corrected chi connectivity index (χ0v) is 63.7. The van der Waals surface area contributed by atoms with Crippen LogP contribution in [0.15, 0.2) is 109 Å². The van der Waals surface area contributed by atoms with E-state index in [4.69, 9.17) is 59.1 Å². The molecule has 0 aliphatic carbocycles. The third kappa shape index (κ3) is 41.1. The van der Waals surface area contributed by atoms with Crippen molar-refractivity contribution >= 4 is 72.4 Å². The number of carboxylic acids is 6. The predicted molar refractivity (Wildman–Crippen MR) is 382 cm³/mol. The second-order valence-corrected chi connectivity index (χ2v) is 30.0. The lowest BCUT2D eigenvalue weighted by molar-refractivity contribution is -0.142. The third-order valence-corrected chi connectivity index (χ3v) is 13.1. The monoisotopic (exact) mass is 1530 g/mol. The van der Waals surface area contributed by atoms with Crippen molar-refractivity contribution in [3.63, 3.8) is 0 Å². The minimum Gasteiger partial charge on any atom is -0.480 e. The average Bonchev–Trinajstić information content (AvgIpc) is 1.77. The SMILES string of the molecule is CC(C)(C)OC(=O)N1C[C@@H](F)C[C@H]1C(=O)O.CC(C)(C)OC(=O)N1C[C@H](F)C[C@H]1C(=O)O.CC(C)(C)OC(=O)N[C@@H](C(=O)O)c1ccccc1.CC(C)(C)OC(=O)N[C@@H](Cc1ccc(F)cc1)C(=O)O.CC(C)(C)OC(=O)N[C@H](C(=O)O)c1ccccc1.CC(C)(C)OC(=O)N[C@H](Cc1ccc(F)cc1)C(=O)O. The van der Waals surface area contributed by atoms with E-state index in [0.29, 0.717) is 22.3 Å². The van der Waals surface area contributed by atoms with E-state index in [1.807, 2.05) is 0 Å². The lowest BCUT2D eigenvalue weighted by atomic mass is 10.1. The van der Waals surface area contributed by atoms with Crippen LogP contribution in [0.1, 0.15) is 172 Å². The first-order valence-electron chi connectivity index (χ1n) is 33.6. The van der Waals surface area contributed by atoms with Crippen LogP contribution in [0.5, 0.6) is 0 Å². The van der Waals surface area contributed by atoms with Gasteiger partial charge < -0.3 is 80.3 Å².